The lowest BCUT2D eigenvalue weighted by Crippen LogP contribution is -2.13. The maximum absolute atomic E-state index is 14.3. The number of rotatable bonds is 8. The third-order valence-corrected chi connectivity index (χ3v) is 4.04. The Labute approximate surface area is 163 Å². The Bertz CT molecular complexity index is 934. The normalized spacial score (nSPS) is 12.3. The van der Waals surface area contributed by atoms with Gasteiger partial charge < -0.3 is 16.2 Å². The second kappa shape index (κ2) is 9.45. The lowest BCUT2D eigenvalue weighted by atomic mass is 9.93. The maximum Gasteiger partial charge on any atom is 0.338 e. The first-order valence-electron chi connectivity index (χ1n) is 8.84. The van der Waals surface area contributed by atoms with Crippen molar-refractivity contribution < 1.29 is 14.3 Å². The molecule has 28 heavy (non-hydrogen) atoms. The zero-order valence-corrected chi connectivity index (χ0v) is 15.9. The van der Waals surface area contributed by atoms with E-state index in [1.54, 1.807) is 6.20 Å². The molecule has 2 aromatic rings. The predicted molar refractivity (Wildman–Crippen MR) is 110 cm³/mol. The first-order valence-corrected chi connectivity index (χ1v) is 8.84. The lowest BCUT2D eigenvalue weighted by Gasteiger charge is -2.15. The van der Waals surface area contributed by atoms with Crippen LogP contribution < -0.4 is 11.1 Å². The quantitative estimate of drug-likeness (QED) is 0.598. The van der Waals surface area contributed by atoms with Gasteiger partial charge in [0.2, 0.25) is 0 Å². The van der Waals surface area contributed by atoms with Gasteiger partial charge in [-0.05, 0) is 37.6 Å². The van der Waals surface area contributed by atoms with Crippen molar-refractivity contribution in [3.63, 3.8) is 0 Å². The molecule has 0 aliphatic carbocycles. The molecule has 146 valence electrons. The third kappa shape index (κ3) is 4.62. The monoisotopic (exact) mass is 382 g/mol. The SMILES string of the molecule is C=C/N=C(\C(=C(/N)CC)c1ccc(NCC)nc1)c1ccc(C(=O)O)c(F)c1. The molecule has 4 N–H and O–H groups in total. The summed E-state index contributed by atoms with van der Waals surface area (Å²) in [6.45, 7) is 8.24. The molecule has 0 bridgehead atoms. The predicted octanol–water partition coefficient (Wildman–Crippen LogP) is 4.06. The van der Waals surface area contributed by atoms with Crippen LogP contribution in [-0.2, 0) is 0 Å². The van der Waals surface area contributed by atoms with Crippen LogP contribution in [0.3, 0.4) is 0 Å². The van der Waals surface area contributed by atoms with E-state index in [2.05, 4.69) is 21.9 Å². The van der Waals surface area contributed by atoms with Gasteiger partial charge in [-0.25, -0.2) is 14.2 Å². The van der Waals surface area contributed by atoms with Crippen molar-refractivity contribution in [2.45, 2.75) is 20.3 Å². The van der Waals surface area contributed by atoms with E-state index in [4.69, 9.17) is 10.8 Å². The van der Waals surface area contributed by atoms with Crippen molar-refractivity contribution in [3.05, 3.63) is 77.5 Å². The van der Waals surface area contributed by atoms with Crippen LogP contribution >= 0.6 is 0 Å². The fraction of sp³-hybridized carbons (Fsp3) is 0.190. The molecule has 0 saturated carbocycles. The summed E-state index contributed by atoms with van der Waals surface area (Å²) < 4.78 is 14.3. The summed E-state index contributed by atoms with van der Waals surface area (Å²) in [5.74, 6) is -1.46. The first-order chi connectivity index (χ1) is 13.4. The van der Waals surface area contributed by atoms with Crippen LogP contribution in [0, 0.1) is 5.82 Å². The van der Waals surface area contributed by atoms with Crippen molar-refractivity contribution in [1.82, 2.24) is 4.98 Å². The molecule has 0 radical (unpaired) electrons. The minimum atomic E-state index is -1.33. The van der Waals surface area contributed by atoms with Crippen LogP contribution in [0.25, 0.3) is 5.57 Å². The number of nitrogens with zero attached hydrogens (tertiary/aromatic N) is 2. The molecule has 0 fully saturated rings. The fourth-order valence-electron chi connectivity index (χ4n) is 2.69. The smallest absolute Gasteiger partial charge is 0.338 e. The molecule has 2 rings (SSSR count). The van der Waals surface area contributed by atoms with Gasteiger partial charge in [0.15, 0.2) is 0 Å². The second-order valence-electron chi connectivity index (χ2n) is 5.88. The summed E-state index contributed by atoms with van der Waals surface area (Å²) in [5.41, 5.74) is 8.49. The largest absolute Gasteiger partial charge is 0.478 e. The molecule has 0 atom stereocenters. The summed E-state index contributed by atoms with van der Waals surface area (Å²) in [7, 11) is 0. The van der Waals surface area contributed by atoms with E-state index in [0.29, 0.717) is 34.5 Å². The van der Waals surface area contributed by atoms with E-state index in [1.807, 2.05) is 26.0 Å². The number of aliphatic imine (C=N–C) groups is 1. The highest BCUT2D eigenvalue weighted by atomic mass is 19.1. The van der Waals surface area contributed by atoms with E-state index in [1.165, 1.54) is 18.3 Å². The van der Waals surface area contributed by atoms with Crippen LogP contribution in [0.5, 0.6) is 0 Å². The van der Waals surface area contributed by atoms with Crippen molar-refractivity contribution in [1.29, 1.82) is 0 Å². The number of hydrogen-bond donors (Lipinski definition) is 3. The highest BCUT2D eigenvalue weighted by Crippen LogP contribution is 2.26. The average molecular weight is 382 g/mol. The van der Waals surface area contributed by atoms with Crippen molar-refractivity contribution in [3.8, 4) is 0 Å². The Morgan fingerprint density at radius 1 is 1.32 bits per heavy atom. The van der Waals surface area contributed by atoms with Gasteiger partial charge in [-0.15, -0.1) is 0 Å². The maximum atomic E-state index is 14.3. The van der Waals surface area contributed by atoms with Crippen molar-refractivity contribution in [2.75, 3.05) is 11.9 Å². The molecule has 0 aliphatic rings. The Morgan fingerprint density at radius 3 is 2.54 bits per heavy atom. The topological polar surface area (TPSA) is 101 Å². The fourth-order valence-corrected chi connectivity index (χ4v) is 2.69. The van der Waals surface area contributed by atoms with Crippen LogP contribution in [0.15, 0.2) is 60.0 Å². The number of allylic oxidation sites excluding steroid dienone is 2. The molecule has 0 spiro atoms. The number of carbonyl (C=O) groups is 1. The number of carboxylic acids is 1. The number of aromatic carboxylic acids is 1. The van der Waals surface area contributed by atoms with Gasteiger partial charge in [0.1, 0.15) is 11.6 Å². The number of nitrogens with one attached hydrogen (secondary N) is 1. The standard InChI is InChI=1S/C21H23FN4O2/c1-4-17(23)19(14-8-10-18(24-5-2)26-12-14)20(25-6-3)13-7-9-15(21(27)28)16(22)11-13/h6-12H,3-5,23H2,1-2H3,(H,24,26)(H,27,28)/b19-17-,25-20-. The summed E-state index contributed by atoms with van der Waals surface area (Å²) in [5, 5.41) is 12.2. The van der Waals surface area contributed by atoms with Gasteiger partial charge in [0, 0.05) is 41.3 Å². The number of benzene rings is 1. The minimum Gasteiger partial charge on any atom is -0.478 e. The molecular formula is C21H23FN4O2. The Kier molecular flexibility index (Phi) is 7.03. The number of halogens is 1. The van der Waals surface area contributed by atoms with E-state index in [9.17, 15) is 9.18 Å². The number of aromatic nitrogens is 1. The average Bonchev–Trinajstić information content (AvgIpc) is 2.68. The van der Waals surface area contributed by atoms with Gasteiger partial charge in [-0.2, -0.15) is 0 Å². The van der Waals surface area contributed by atoms with Crippen LogP contribution in [0.1, 0.15) is 41.8 Å². The van der Waals surface area contributed by atoms with Gasteiger partial charge in [0.05, 0.1) is 11.3 Å². The van der Waals surface area contributed by atoms with E-state index < -0.39 is 17.3 Å². The Hall–Kier alpha value is -3.48. The highest BCUT2D eigenvalue weighted by molar-refractivity contribution is 6.32. The number of carboxylic acid groups (broad SMARTS) is 1. The van der Waals surface area contributed by atoms with Gasteiger partial charge in [-0.1, -0.05) is 19.6 Å². The second-order valence-corrected chi connectivity index (χ2v) is 5.88. The van der Waals surface area contributed by atoms with Crippen LogP contribution in [-0.4, -0.2) is 28.3 Å². The third-order valence-electron chi connectivity index (χ3n) is 4.04. The van der Waals surface area contributed by atoms with E-state index >= 15 is 0 Å². The zero-order valence-electron chi connectivity index (χ0n) is 15.9. The number of hydrogen-bond acceptors (Lipinski definition) is 5. The summed E-state index contributed by atoms with van der Waals surface area (Å²) in [4.78, 5) is 19.8. The number of nitrogens with two attached hydrogens (primary N) is 1. The zero-order chi connectivity index (χ0) is 20.7. The highest BCUT2D eigenvalue weighted by Gasteiger charge is 2.19. The summed E-state index contributed by atoms with van der Waals surface area (Å²) >= 11 is 0. The van der Waals surface area contributed by atoms with Crippen LogP contribution in [0.4, 0.5) is 10.2 Å². The molecule has 7 heteroatoms. The Balaban J connectivity index is 2.62. The molecule has 0 aliphatic heterocycles. The van der Waals surface area contributed by atoms with E-state index in [-0.39, 0.29) is 0 Å². The summed E-state index contributed by atoms with van der Waals surface area (Å²) in [6, 6.07) is 7.51. The first kappa shape index (κ1) is 20.8. The minimum absolute atomic E-state index is 0.392. The molecule has 6 nitrogen and oxygen atoms in total. The summed E-state index contributed by atoms with van der Waals surface area (Å²) in [6.07, 6.45) is 3.54. The molecular weight excluding hydrogens is 359 g/mol. The Morgan fingerprint density at radius 2 is 2.04 bits per heavy atom. The molecule has 1 aromatic carbocycles. The molecule has 1 aromatic heterocycles. The lowest BCUT2D eigenvalue weighted by molar-refractivity contribution is 0.0692. The van der Waals surface area contributed by atoms with Crippen LogP contribution in [0.2, 0.25) is 0 Å². The van der Waals surface area contributed by atoms with E-state index in [0.717, 1.165) is 18.4 Å². The van der Waals surface area contributed by atoms with Gasteiger partial charge in [-0.3, -0.25) is 4.99 Å². The van der Waals surface area contributed by atoms with Gasteiger partial charge >= 0.3 is 5.97 Å². The molecule has 0 saturated heterocycles. The van der Waals surface area contributed by atoms with Crippen molar-refractivity contribution in [2.24, 2.45) is 10.7 Å². The molecule has 1 heterocycles. The molecule has 0 unspecified atom stereocenters. The number of anilines is 1. The molecule has 0 amide bonds. The van der Waals surface area contributed by atoms with Crippen molar-refractivity contribution >= 4 is 23.1 Å². The van der Waals surface area contributed by atoms with Gasteiger partial charge in [0.25, 0.3) is 0 Å². The number of pyridine rings is 1.